The number of hydrogen-bond donors (Lipinski definition) is 1. The van der Waals surface area contributed by atoms with Crippen LogP contribution in [0.15, 0.2) is 50.2 Å². The van der Waals surface area contributed by atoms with Gasteiger partial charge < -0.3 is 9.84 Å². The molecule has 8 heteroatoms. The maximum Gasteiger partial charge on any atom is 0.293 e. The van der Waals surface area contributed by atoms with Gasteiger partial charge in [-0.15, -0.1) is 0 Å². The molecule has 1 N–H and O–H groups in total. The van der Waals surface area contributed by atoms with Crippen LogP contribution in [0.2, 0.25) is 0 Å². The molecule has 0 atom stereocenters. The summed E-state index contributed by atoms with van der Waals surface area (Å²) in [4.78, 5) is 26.4. The molecule has 2 aromatic rings. The maximum atomic E-state index is 12.6. The summed E-state index contributed by atoms with van der Waals surface area (Å²) in [6.45, 7) is 0.220. The van der Waals surface area contributed by atoms with E-state index in [1.807, 2.05) is 24.3 Å². The number of carbonyl (C=O) groups is 2. The molecule has 0 spiro atoms. The zero-order chi connectivity index (χ0) is 18.8. The lowest BCUT2D eigenvalue weighted by Crippen LogP contribution is -2.27. The van der Waals surface area contributed by atoms with Crippen molar-refractivity contribution in [3.8, 4) is 11.5 Å². The average molecular weight is 499 g/mol. The van der Waals surface area contributed by atoms with Crippen molar-refractivity contribution >= 4 is 60.8 Å². The van der Waals surface area contributed by atoms with E-state index < -0.39 is 0 Å². The third-order valence-electron chi connectivity index (χ3n) is 3.70. The molecule has 3 rings (SSSR count). The fourth-order valence-corrected chi connectivity index (χ4v) is 3.96. The zero-order valence-corrected chi connectivity index (χ0v) is 17.5. The Balaban J connectivity index is 1.85. The molecule has 0 radical (unpaired) electrons. The Morgan fingerprint density at radius 1 is 1.19 bits per heavy atom. The number of thioether (sulfide) groups is 1. The van der Waals surface area contributed by atoms with Gasteiger partial charge in [-0.25, -0.2) is 0 Å². The van der Waals surface area contributed by atoms with E-state index >= 15 is 0 Å². The first-order valence-corrected chi connectivity index (χ1v) is 9.85. The predicted molar refractivity (Wildman–Crippen MR) is 108 cm³/mol. The molecule has 0 unspecified atom stereocenters. The number of phenolic OH excluding ortho intramolecular Hbond substituents is 1. The van der Waals surface area contributed by atoms with E-state index in [9.17, 15) is 14.7 Å². The van der Waals surface area contributed by atoms with Crippen LogP contribution in [0, 0.1) is 0 Å². The van der Waals surface area contributed by atoms with Gasteiger partial charge in [-0.05, 0) is 69.2 Å². The van der Waals surface area contributed by atoms with Crippen LogP contribution in [0.3, 0.4) is 0 Å². The van der Waals surface area contributed by atoms with E-state index in [0.717, 1.165) is 21.8 Å². The normalized spacial score (nSPS) is 15.8. The van der Waals surface area contributed by atoms with E-state index in [-0.39, 0.29) is 29.2 Å². The van der Waals surface area contributed by atoms with Gasteiger partial charge in [0, 0.05) is 4.47 Å². The number of amides is 2. The predicted octanol–water partition coefficient (Wildman–Crippen LogP) is 5.16. The van der Waals surface area contributed by atoms with Gasteiger partial charge in [0.15, 0.2) is 11.5 Å². The SMILES string of the molecule is COc1cc(C=C2SC(=O)N(Cc3ccc(Br)cc3)C2=O)cc(Br)c1O. The lowest BCUT2D eigenvalue weighted by molar-refractivity contribution is -0.123. The quantitative estimate of drug-likeness (QED) is 0.589. The van der Waals surface area contributed by atoms with Crippen molar-refractivity contribution in [1.82, 2.24) is 4.90 Å². The molecule has 1 fully saturated rings. The van der Waals surface area contributed by atoms with E-state index in [4.69, 9.17) is 4.74 Å². The molecule has 0 aromatic heterocycles. The maximum absolute atomic E-state index is 12.6. The first kappa shape index (κ1) is 19.0. The highest BCUT2D eigenvalue weighted by molar-refractivity contribution is 9.10. The van der Waals surface area contributed by atoms with Crippen molar-refractivity contribution in [1.29, 1.82) is 0 Å². The molecule has 0 saturated carbocycles. The third-order valence-corrected chi connectivity index (χ3v) is 5.74. The number of ether oxygens (including phenoxy) is 1. The van der Waals surface area contributed by atoms with Crippen LogP contribution in [-0.2, 0) is 11.3 Å². The second kappa shape index (κ2) is 7.85. The Hall–Kier alpha value is -1.77. The lowest BCUT2D eigenvalue weighted by Gasteiger charge is -2.12. The summed E-state index contributed by atoms with van der Waals surface area (Å²) in [5, 5.41) is 9.56. The van der Waals surface area contributed by atoms with Crippen LogP contribution in [0.4, 0.5) is 4.79 Å². The van der Waals surface area contributed by atoms with Crippen LogP contribution in [0.25, 0.3) is 6.08 Å². The van der Waals surface area contributed by atoms with Crippen LogP contribution < -0.4 is 4.74 Å². The summed E-state index contributed by atoms with van der Waals surface area (Å²) in [7, 11) is 1.44. The first-order valence-electron chi connectivity index (χ1n) is 7.45. The van der Waals surface area contributed by atoms with E-state index in [2.05, 4.69) is 31.9 Å². The number of nitrogens with zero attached hydrogens (tertiary/aromatic N) is 1. The summed E-state index contributed by atoms with van der Waals surface area (Å²) < 4.78 is 6.48. The van der Waals surface area contributed by atoms with Gasteiger partial charge in [0.05, 0.1) is 23.0 Å². The van der Waals surface area contributed by atoms with Crippen molar-refractivity contribution in [2.45, 2.75) is 6.54 Å². The van der Waals surface area contributed by atoms with Gasteiger partial charge in [0.1, 0.15) is 0 Å². The molecule has 1 heterocycles. The highest BCUT2D eigenvalue weighted by atomic mass is 79.9. The summed E-state index contributed by atoms with van der Waals surface area (Å²) in [6, 6.07) is 10.7. The molecule has 0 aliphatic carbocycles. The number of aromatic hydroxyl groups is 1. The van der Waals surface area contributed by atoms with Gasteiger partial charge >= 0.3 is 0 Å². The number of carbonyl (C=O) groups excluding carboxylic acids is 2. The Labute approximate surface area is 171 Å². The molecule has 26 heavy (non-hydrogen) atoms. The summed E-state index contributed by atoms with van der Waals surface area (Å²) in [5.74, 6) is -0.0845. The fraction of sp³-hybridized carbons (Fsp3) is 0.111. The minimum absolute atomic E-state index is 0.0204. The molecule has 1 aliphatic rings. The average Bonchev–Trinajstić information content (AvgIpc) is 2.87. The second-order valence-corrected chi connectivity index (χ2v) is 8.21. The van der Waals surface area contributed by atoms with E-state index in [1.54, 1.807) is 18.2 Å². The van der Waals surface area contributed by atoms with Gasteiger partial charge in [-0.2, -0.15) is 0 Å². The molecule has 1 aliphatic heterocycles. The lowest BCUT2D eigenvalue weighted by atomic mass is 10.1. The molecule has 134 valence electrons. The van der Waals surface area contributed by atoms with Crippen LogP contribution in [0.5, 0.6) is 11.5 Å². The fourth-order valence-electron chi connectivity index (χ4n) is 2.39. The van der Waals surface area contributed by atoms with Crippen LogP contribution in [-0.4, -0.2) is 28.3 Å². The second-order valence-electron chi connectivity index (χ2n) is 5.45. The monoisotopic (exact) mass is 497 g/mol. The number of hydrogen-bond acceptors (Lipinski definition) is 5. The van der Waals surface area contributed by atoms with Crippen LogP contribution >= 0.6 is 43.6 Å². The molecular formula is C18H13Br2NO4S. The van der Waals surface area contributed by atoms with Crippen LogP contribution in [0.1, 0.15) is 11.1 Å². The van der Waals surface area contributed by atoms with E-state index in [1.165, 1.54) is 12.0 Å². The number of imide groups is 1. The van der Waals surface area contributed by atoms with Crippen molar-refractivity contribution in [3.05, 3.63) is 61.4 Å². The summed E-state index contributed by atoms with van der Waals surface area (Å²) >= 11 is 7.50. The molecule has 0 bridgehead atoms. The minimum atomic E-state index is -0.342. The van der Waals surface area contributed by atoms with Crippen molar-refractivity contribution in [2.24, 2.45) is 0 Å². The highest BCUT2D eigenvalue weighted by Crippen LogP contribution is 2.38. The minimum Gasteiger partial charge on any atom is -0.503 e. The Bertz CT molecular complexity index is 912. The van der Waals surface area contributed by atoms with Crippen molar-refractivity contribution in [2.75, 3.05) is 7.11 Å². The largest absolute Gasteiger partial charge is 0.503 e. The number of methoxy groups -OCH3 is 1. The zero-order valence-electron chi connectivity index (χ0n) is 13.5. The number of phenols is 1. The molecule has 2 aromatic carbocycles. The Morgan fingerprint density at radius 3 is 2.54 bits per heavy atom. The van der Waals surface area contributed by atoms with Gasteiger partial charge in [-0.3, -0.25) is 14.5 Å². The van der Waals surface area contributed by atoms with Crippen molar-refractivity contribution < 1.29 is 19.4 Å². The smallest absolute Gasteiger partial charge is 0.293 e. The highest BCUT2D eigenvalue weighted by Gasteiger charge is 2.35. The molecule has 1 saturated heterocycles. The third kappa shape index (κ3) is 3.97. The Morgan fingerprint density at radius 2 is 1.88 bits per heavy atom. The summed E-state index contributed by atoms with van der Waals surface area (Å²) in [6.07, 6.45) is 1.61. The van der Waals surface area contributed by atoms with Crippen molar-refractivity contribution in [3.63, 3.8) is 0 Å². The standard InChI is InChI=1S/C18H13Br2NO4S/c1-25-14-7-11(6-13(20)16(14)22)8-15-17(23)21(18(24)26-15)9-10-2-4-12(19)5-3-10/h2-8,22H,9H2,1H3. The topological polar surface area (TPSA) is 66.8 Å². The molecular weight excluding hydrogens is 486 g/mol. The van der Waals surface area contributed by atoms with Gasteiger partial charge in [0.25, 0.3) is 11.1 Å². The summed E-state index contributed by atoms with van der Waals surface area (Å²) in [5.41, 5.74) is 1.51. The first-order chi connectivity index (χ1) is 12.4. The molecule has 2 amide bonds. The number of rotatable bonds is 4. The van der Waals surface area contributed by atoms with Gasteiger partial charge in [0.2, 0.25) is 0 Å². The van der Waals surface area contributed by atoms with Gasteiger partial charge in [-0.1, -0.05) is 28.1 Å². The molecule has 5 nitrogen and oxygen atoms in total. The van der Waals surface area contributed by atoms with E-state index in [0.29, 0.717) is 14.9 Å². The number of halogens is 2. The Kier molecular flexibility index (Phi) is 5.74. The number of benzene rings is 2.